The van der Waals surface area contributed by atoms with Crippen molar-refractivity contribution in [3.05, 3.63) is 52.9 Å². The van der Waals surface area contributed by atoms with Crippen molar-refractivity contribution < 1.29 is 9.32 Å². The number of aryl methyl sites for hydroxylation is 1. The second-order valence-corrected chi connectivity index (χ2v) is 5.17. The summed E-state index contributed by atoms with van der Waals surface area (Å²) >= 11 is 0. The number of hydrogen-bond acceptors (Lipinski definition) is 4. The zero-order valence-corrected chi connectivity index (χ0v) is 12.3. The highest BCUT2D eigenvalue weighted by molar-refractivity contribution is 5.91. The van der Waals surface area contributed by atoms with Gasteiger partial charge in [0, 0.05) is 18.7 Å². The zero-order chi connectivity index (χ0) is 15.4. The van der Waals surface area contributed by atoms with Crippen molar-refractivity contribution in [1.29, 1.82) is 5.26 Å². The smallest absolute Gasteiger partial charge is 0.293 e. The fraction of sp³-hybridized carbons (Fsp3) is 0.312. The van der Waals surface area contributed by atoms with Crippen LogP contribution in [-0.4, -0.2) is 22.0 Å². The molecule has 0 N–H and O–H groups in total. The van der Waals surface area contributed by atoms with Crippen molar-refractivity contribution in [2.45, 2.75) is 33.4 Å². The minimum atomic E-state index is -0.185. The minimum absolute atomic E-state index is 0.0264. The van der Waals surface area contributed by atoms with Crippen LogP contribution in [0.15, 0.2) is 34.9 Å². The first-order valence-corrected chi connectivity index (χ1v) is 6.74. The van der Waals surface area contributed by atoms with Gasteiger partial charge in [0.1, 0.15) is 0 Å². The van der Waals surface area contributed by atoms with Crippen LogP contribution in [0.3, 0.4) is 0 Å². The van der Waals surface area contributed by atoms with Crippen molar-refractivity contribution in [2.24, 2.45) is 0 Å². The van der Waals surface area contributed by atoms with Gasteiger partial charge in [-0.3, -0.25) is 4.79 Å². The first-order chi connectivity index (χ1) is 10.0. The van der Waals surface area contributed by atoms with E-state index in [-0.39, 0.29) is 17.7 Å². The predicted octanol–water partition coefficient (Wildman–Crippen LogP) is 2.91. The number of aromatic nitrogens is 1. The maximum atomic E-state index is 12.5. The Labute approximate surface area is 123 Å². The number of hydrogen-bond donors (Lipinski definition) is 0. The van der Waals surface area contributed by atoms with Crippen LogP contribution in [0.25, 0.3) is 0 Å². The van der Waals surface area contributed by atoms with E-state index in [0.29, 0.717) is 17.8 Å². The van der Waals surface area contributed by atoms with E-state index < -0.39 is 0 Å². The van der Waals surface area contributed by atoms with E-state index in [1.54, 1.807) is 30.0 Å². The van der Waals surface area contributed by atoms with Gasteiger partial charge in [-0.05, 0) is 38.5 Å². The van der Waals surface area contributed by atoms with E-state index in [0.717, 1.165) is 5.56 Å². The number of benzene rings is 1. The van der Waals surface area contributed by atoms with Crippen LogP contribution in [-0.2, 0) is 6.54 Å². The molecule has 0 aliphatic rings. The number of nitrogens with zero attached hydrogens (tertiary/aromatic N) is 3. The van der Waals surface area contributed by atoms with Crippen molar-refractivity contribution in [1.82, 2.24) is 10.1 Å². The fourth-order valence-electron chi connectivity index (χ4n) is 1.98. The van der Waals surface area contributed by atoms with Crippen LogP contribution in [0, 0.1) is 18.3 Å². The van der Waals surface area contributed by atoms with Gasteiger partial charge in [-0.1, -0.05) is 17.3 Å². The summed E-state index contributed by atoms with van der Waals surface area (Å²) < 4.78 is 5.05. The molecule has 5 nitrogen and oxygen atoms in total. The SMILES string of the molecule is Cc1cc(C(=O)N(Cc2ccc(C#N)cc2)C(C)C)on1. The average molecular weight is 283 g/mol. The van der Waals surface area contributed by atoms with E-state index in [1.165, 1.54) is 0 Å². The molecule has 0 fully saturated rings. The molecular formula is C16H17N3O2. The predicted molar refractivity (Wildman–Crippen MR) is 77.4 cm³/mol. The van der Waals surface area contributed by atoms with Crippen LogP contribution in [0.1, 0.15) is 41.2 Å². The Balaban J connectivity index is 2.19. The topological polar surface area (TPSA) is 70.1 Å². The minimum Gasteiger partial charge on any atom is -0.351 e. The molecule has 21 heavy (non-hydrogen) atoms. The number of amides is 1. The Bertz CT molecular complexity index is 666. The summed E-state index contributed by atoms with van der Waals surface area (Å²) in [5, 5.41) is 12.6. The molecule has 1 heterocycles. The summed E-state index contributed by atoms with van der Waals surface area (Å²) in [6, 6.07) is 10.9. The molecule has 0 aliphatic heterocycles. The van der Waals surface area contributed by atoms with Crippen molar-refractivity contribution in [3.63, 3.8) is 0 Å². The lowest BCUT2D eigenvalue weighted by Gasteiger charge is -2.25. The van der Waals surface area contributed by atoms with Crippen LogP contribution in [0.4, 0.5) is 0 Å². The summed E-state index contributed by atoms with van der Waals surface area (Å²) in [5.41, 5.74) is 2.25. The van der Waals surface area contributed by atoms with Gasteiger partial charge in [0.2, 0.25) is 5.76 Å². The molecule has 1 aromatic carbocycles. The van der Waals surface area contributed by atoms with Gasteiger partial charge in [0.15, 0.2) is 0 Å². The molecule has 0 radical (unpaired) electrons. The Kier molecular flexibility index (Phi) is 4.39. The molecule has 0 saturated carbocycles. The molecule has 2 aromatic rings. The van der Waals surface area contributed by atoms with E-state index in [2.05, 4.69) is 11.2 Å². The molecular weight excluding hydrogens is 266 g/mol. The highest BCUT2D eigenvalue weighted by Gasteiger charge is 2.22. The largest absolute Gasteiger partial charge is 0.351 e. The van der Waals surface area contributed by atoms with Gasteiger partial charge in [-0.2, -0.15) is 5.26 Å². The van der Waals surface area contributed by atoms with Crippen LogP contribution < -0.4 is 0 Å². The maximum Gasteiger partial charge on any atom is 0.293 e. The van der Waals surface area contributed by atoms with E-state index in [9.17, 15) is 4.79 Å². The Morgan fingerprint density at radius 2 is 2.05 bits per heavy atom. The fourth-order valence-corrected chi connectivity index (χ4v) is 1.98. The van der Waals surface area contributed by atoms with Gasteiger partial charge in [-0.25, -0.2) is 0 Å². The molecule has 0 unspecified atom stereocenters. The molecule has 0 saturated heterocycles. The third-order valence-electron chi connectivity index (χ3n) is 3.16. The van der Waals surface area contributed by atoms with Crippen molar-refractivity contribution in [2.75, 3.05) is 0 Å². The normalized spacial score (nSPS) is 10.4. The number of carbonyl (C=O) groups is 1. The number of nitriles is 1. The van der Waals surface area contributed by atoms with Crippen molar-refractivity contribution in [3.8, 4) is 6.07 Å². The summed E-state index contributed by atoms with van der Waals surface area (Å²) in [6.45, 7) is 6.14. The third-order valence-corrected chi connectivity index (χ3v) is 3.16. The summed E-state index contributed by atoms with van der Waals surface area (Å²) in [6.07, 6.45) is 0. The van der Waals surface area contributed by atoms with Gasteiger partial charge in [0.05, 0.1) is 17.3 Å². The van der Waals surface area contributed by atoms with Crippen LogP contribution >= 0.6 is 0 Å². The molecule has 0 spiro atoms. The second-order valence-electron chi connectivity index (χ2n) is 5.17. The molecule has 2 rings (SSSR count). The van der Waals surface area contributed by atoms with Crippen LogP contribution in [0.2, 0.25) is 0 Å². The molecule has 0 atom stereocenters. The lowest BCUT2D eigenvalue weighted by Crippen LogP contribution is -2.36. The maximum absolute atomic E-state index is 12.5. The van der Waals surface area contributed by atoms with Crippen molar-refractivity contribution >= 4 is 5.91 Å². The zero-order valence-electron chi connectivity index (χ0n) is 12.3. The van der Waals surface area contributed by atoms with Gasteiger partial charge >= 0.3 is 0 Å². The summed E-state index contributed by atoms with van der Waals surface area (Å²) in [4.78, 5) is 14.2. The Morgan fingerprint density at radius 1 is 1.38 bits per heavy atom. The average Bonchev–Trinajstić information content (AvgIpc) is 2.91. The van der Waals surface area contributed by atoms with Gasteiger partial charge in [-0.15, -0.1) is 0 Å². The quantitative estimate of drug-likeness (QED) is 0.865. The Morgan fingerprint density at radius 3 is 2.52 bits per heavy atom. The van der Waals surface area contributed by atoms with E-state index in [4.69, 9.17) is 9.78 Å². The van der Waals surface area contributed by atoms with Gasteiger partial charge in [0.25, 0.3) is 5.91 Å². The highest BCUT2D eigenvalue weighted by atomic mass is 16.5. The summed E-state index contributed by atoms with van der Waals surface area (Å²) in [7, 11) is 0. The standard InChI is InChI=1S/C16H17N3O2/c1-11(2)19(16(20)15-8-12(3)18-21-15)10-14-6-4-13(9-17)5-7-14/h4-8,11H,10H2,1-3H3. The van der Waals surface area contributed by atoms with Crippen LogP contribution in [0.5, 0.6) is 0 Å². The number of rotatable bonds is 4. The first kappa shape index (κ1) is 14.8. The highest BCUT2D eigenvalue weighted by Crippen LogP contribution is 2.14. The van der Waals surface area contributed by atoms with E-state index >= 15 is 0 Å². The molecule has 0 bridgehead atoms. The molecule has 5 heteroatoms. The van der Waals surface area contributed by atoms with E-state index in [1.807, 2.05) is 26.0 Å². The third kappa shape index (κ3) is 3.48. The second kappa shape index (κ2) is 6.23. The molecule has 108 valence electrons. The number of carbonyl (C=O) groups excluding carboxylic acids is 1. The lowest BCUT2D eigenvalue weighted by atomic mass is 10.1. The molecule has 0 aliphatic carbocycles. The monoisotopic (exact) mass is 283 g/mol. The molecule has 1 amide bonds. The first-order valence-electron chi connectivity index (χ1n) is 6.74. The molecule has 1 aromatic heterocycles. The lowest BCUT2D eigenvalue weighted by molar-refractivity contribution is 0.0647. The summed E-state index contributed by atoms with van der Waals surface area (Å²) in [5.74, 6) is 0.0600. The Hall–Kier alpha value is -2.61. The van der Waals surface area contributed by atoms with Gasteiger partial charge < -0.3 is 9.42 Å².